The van der Waals surface area contributed by atoms with E-state index in [2.05, 4.69) is 25.8 Å². The summed E-state index contributed by atoms with van der Waals surface area (Å²) in [6, 6.07) is 5.76. The molecular weight excluding hydrogens is 330 g/mol. The van der Waals surface area contributed by atoms with Crippen LogP contribution in [0, 0.1) is 6.92 Å². The van der Waals surface area contributed by atoms with Crippen LogP contribution in [-0.4, -0.2) is 43.0 Å². The molecule has 1 aromatic carbocycles. The minimum Gasteiger partial charge on any atom is -0.493 e. The molecule has 1 aromatic heterocycles. The third-order valence-corrected chi connectivity index (χ3v) is 3.88. The fourth-order valence-electron chi connectivity index (χ4n) is 2.55. The molecule has 0 atom stereocenters. The first-order chi connectivity index (χ1) is 12.7. The summed E-state index contributed by atoms with van der Waals surface area (Å²) in [5.74, 6) is 2.19. The fourth-order valence-corrected chi connectivity index (χ4v) is 2.55. The summed E-state index contributed by atoms with van der Waals surface area (Å²) in [5.41, 5.74) is 3.27. The Morgan fingerprint density at radius 1 is 1.27 bits per heavy atom. The summed E-state index contributed by atoms with van der Waals surface area (Å²) < 4.78 is 11.0. The first-order valence-corrected chi connectivity index (χ1v) is 9.02. The number of hydrogen-bond donors (Lipinski definition) is 3. The van der Waals surface area contributed by atoms with Crippen LogP contribution in [0.15, 0.2) is 29.4 Å². The number of aryl methyl sites for hydroxylation is 2. The van der Waals surface area contributed by atoms with Gasteiger partial charge in [0.05, 0.1) is 19.9 Å². The Bertz CT molecular complexity index is 712. The van der Waals surface area contributed by atoms with Crippen LogP contribution < -0.4 is 20.1 Å². The minimum atomic E-state index is 0.585. The zero-order valence-corrected chi connectivity index (χ0v) is 16.1. The zero-order valence-electron chi connectivity index (χ0n) is 16.1. The summed E-state index contributed by atoms with van der Waals surface area (Å²) in [5, 5.41) is 13.6. The number of H-pyrrole nitrogens is 1. The van der Waals surface area contributed by atoms with Gasteiger partial charge in [-0.05, 0) is 51.3 Å². The van der Waals surface area contributed by atoms with Crippen LogP contribution in [0.3, 0.4) is 0 Å². The quantitative estimate of drug-likeness (QED) is 0.364. The Morgan fingerprint density at radius 3 is 2.77 bits per heavy atom. The van der Waals surface area contributed by atoms with Crippen molar-refractivity contribution < 1.29 is 9.47 Å². The van der Waals surface area contributed by atoms with Crippen molar-refractivity contribution in [3.8, 4) is 11.5 Å². The highest BCUT2D eigenvalue weighted by atomic mass is 16.5. The molecule has 0 aliphatic rings. The Kier molecular flexibility index (Phi) is 7.79. The normalized spacial score (nSPS) is 11.3. The first-order valence-electron chi connectivity index (χ1n) is 9.02. The molecule has 0 saturated heterocycles. The lowest BCUT2D eigenvalue weighted by atomic mass is 10.1. The Labute approximate surface area is 155 Å². The largest absolute Gasteiger partial charge is 0.493 e. The van der Waals surface area contributed by atoms with E-state index in [0.29, 0.717) is 12.4 Å². The molecule has 0 spiro atoms. The average molecular weight is 359 g/mol. The second-order valence-electron chi connectivity index (χ2n) is 5.81. The molecule has 0 amide bonds. The summed E-state index contributed by atoms with van der Waals surface area (Å²) in [6.07, 6.45) is 3.81. The molecule has 7 nitrogen and oxygen atoms in total. The second kappa shape index (κ2) is 10.3. The van der Waals surface area contributed by atoms with Crippen molar-refractivity contribution in [1.29, 1.82) is 0 Å². The molecular formula is C19H29N5O2. The molecule has 0 aliphatic carbocycles. The number of ether oxygens (including phenoxy) is 2. The van der Waals surface area contributed by atoms with Crippen LogP contribution in [0.2, 0.25) is 0 Å². The summed E-state index contributed by atoms with van der Waals surface area (Å²) in [6.45, 7) is 8.15. The van der Waals surface area contributed by atoms with Gasteiger partial charge in [0.15, 0.2) is 17.5 Å². The van der Waals surface area contributed by atoms with Gasteiger partial charge in [-0.15, -0.1) is 0 Å². The van der Waals surface area contributed by atoms with Crippen LogP contribution in [0.4, 0.5) is 5.69 Å². The van der Waals surface area contributed by atoms with Gasteiger partial charge >= 0.3 is 0 Å². The SMILES string of the molecule is CCNC(=NCCCc1cn[nH]c1C)Nc1ccc(OC)c(OCC)c1. The molecule has 0 saturated carbocycles. The van der Waals surface area contributed by atoms with Crippen LogP contribution >= 0.6 is 0 Å². The number of anilines is 1. The van der Waals surface area contributed by atoms with Crippen molar-refractivity contribution in [3.05, 3.63) is 35.7 Å². The van der Waals surface area contributed by atoms with Crippen LogP contribution in [0.1, 0.15) is 31.5 Å². The molecule has 0 aliphatic heterocycles. The van der Waals surface area contributed by atoms with Gasteiger partial charge in [-0.25, -0.2) is 0 Å². The number of aromatic amines is 1. The van der Waals surface area contributed by atoms with E-state index in [9.17, 15) is 0 Å². The smallest absolute Gasteiger partial charge is 0.195 e. The monoisotopic (exact) mass is 359 g/mol. The van der Waals surface area contributed by atoms with Gasteiger partial charge in [-0.1, -0.05) is 0 Å². The third kappa shape index (κ3) is 5.68. The molecule has 0 radical (unpaired) electrons. The summed E-state index contributed by atoms with van der Waals surface area (Å²) >= 11 is 0. The number of rotatable bonds is 9. The molecule has 7 heteroatoms. The predicted molar refractivity (Wildman–Crippen MR) is 105 cm³/mol. The van der Waals surface area contributed by atoms with E-state index < -0.39 is 0 Å². The van der Waals surface area contributed by atoms with Gasteiger partial charge < -0.3 is 20.1 Å². The number of aromatic nitrogens is 2. The number of guanidine groups is 1. The van der Waals surface area contributed by atoms with Crippen molar-refractivity contribution in [2.24, 2.45) is 4.99 Å². The topological polar surface area (TPSA) is 83.6 Å². The van der Waals surface area contributed by atoms with Crippen molar-refractivity contribution in [1.82, 2.24) is 15.5 Å². The van der Waals surface area contributed by atoms with E-state index in [-0.39, 0.29) is 0 Å². The van der Waals surface area contributed by atoms with Crippen molar-refractivity contribution in [3.63, 3.8) is 0 Å². The van der Waals surface area contributed by atoms with Gasteiger partial charge in [0.1, 0.15) is 0 Å². The lowest BCUT2D eigenvalue weighted by Crippen LogP contribution is -2.30. The van der Waals surface area contributed by atoms with Crippen molar-refractivity contribution >= 4 is 11.6 Å². The number of hydrogen-bond acceptors (Lipinski definition) is 4. The van der Waals surface area contributed by atoms with Crippen LogP contribution in [0.25, 0.3) is 0 Å². The highest BCUT2D eigenvalue weighted by Crippen LogP contribution is 2.30. The molecule has 2 rings (SSSR count). The van der Waals surface area contributed by atoms with Crippen molar-refractivity contribution in [2.45, 2.75) is 33.6 Å². The van der Waals surface area contributed by atoms with E-state index in [1.807, 2.05) is 45.2 Å². The zero-order chi connectivity index (χ0) is 18.8. The van der Waals surface area contributed by atoms with E-state index in [1.165, 1.54) is 5.56 Å². The molecule has 26 heavy (non-hydrogen) atoms. The molecule has 1 heterocycles. The van der Waals surface area contributed by atoms with E-state index in [4.69, 9.17) is 9.47 Å². The maximum Gasteiger partial charge on any atom is 0.195 e. The van der Waals surface area contributed by atoms with E-state index in [1.54, 1.807) is 7.11 Å². The minimum absolute atomic E-state index is 0.585. The van der Waals surface area contributed by atoms with Gasteiger partial charge in [-0.2, -0.15) is 5.10 Å². The number of nitrogens with zero attached hydrogens (tertiary/aromatic N) is 2. The highest BCUT2D eigenvalue weighted by Gasteiger charge is 2.07. The second-order valence-corrected chi connectivity index (χ2v) is 5.81. The average Bonchev–Trinajstić information content (AvgIpc) is 3.04. The maximum absolute atomic E-state index is 5.63. The molecule has 0 unspecified atom stereocenters. The Morgan fingerprint density at radius 2 is 2.12 bits per heavy atom. The fraction of sp³-hybridized carbons (Fsp3) is 0.474. The van der Waals surface area contributed by atoms with Gasteiger partial charge in [0.25, 0.3) is 0 Å². The predicted octanol–water partition coefficient (Wildman–Crippen LogP) is 3.14. The van der Waals surface area contributed by atoms with Gasteiger partial charge in [0.2, 0.25) is 0 Å². The molecule has 2 aromatic rings. The van der Waals surface area contributed by atoms with E-state index >= 15 is 0 Å². The number of aliphatic imine (C=N–C) groups is 1. The number of methoxy groups -OCH3 is 1. The third-order valence-electron chi connectivity index (χ3n) is 3.88. The van der Waals surface area contributed by atoms with Gasteiger partial charge in [-0.3, -0.25) is 10.1 Å². The van der Waals surface area contributed by atoms with E-state index in [0.717, 1.165) is 49.0 Å². The molecule has 0 bridgehead atoms. The standard InChI is InChI=1S/C19H29N5O2/c1-5-20-19(21-11-7-8-15-13-22-24-14(15)3)23-16-9-10-17(25-4)18(12-16)26-6-2/h9-10,12-13H,5-8,11H2,1-4H3,(H,22,24)(H2,20,21,23). The molecule has 0 fully saturated rings. The Hall–Kier alpha value is -2.70. The molecule has 142 valence electrons. The van der Waals surface area contributed by atoms with Gasteiger partial charge in [0, 0.05) is 30.5 Å². The maximum atomic E-state index is 5.63. The van der Waals surface area contributed by atoms with Crippen LogP contribution in [0.5, 0.6) is 11.5 Å². The lowest BCUT2D eigenvalue weighted by Gasteiger charge is -2.14. The number of benzene rings is 1. The molecule has 3 N–H and O–H groups in total. The number of nitrogens with one attached hydrogen (secondary N) is 3. The highest BCUT2D eigenvalue weighted by molar-refractivity contribution is 5.93. The summed E-state index contributed by atoms with van der Waals surface area (Å²) in [7, 11) is 1.64. The Balaban J connectivity index is 1.98. The lowest BCUT2D eigenvalue weighted by molar-refractivity contribution is 0.311. The van der Waals surface area contributed by atoms with Crippen LogP contribution in [-0.2, 0) is 6.42 Å². The van der Waals surface area contributed by atoms with Crippen molar-refractivity contribution in [2.75, 3.05) is 32.1 Å². The first kappa shape index (κ1) is 19.6. The summed E-state index contributed by atoms with van der Waals surface area (Å²) in [4.78, 5) is 4.65.